The Hall–Kier alpha value is -1.69. The zero-order valence-corrected chi connectivity index (χ0v) is 15.1. The maximum Gasteiger partial charge on any atom is 0.191 e. The maximum atomic E-state index is 13.3. The minimum absolute atomic E-state index is 0.0340. The van der Waals surface area contributed by atoms with Crippen LogP contribution in [0.3, 0.4) is 0 Å². The molecule has 1 aliphatic heterocycles. The monoisotopic (exact) mass is 351 g/mol. The molecule has 2 N–H and O–H groups in total. The van der Waals surface area contributed by atoms with Crippen LogP contribution in [0.4, 0.5) is 8.78 Å². The first-order valence-electron chi connectivity index (χ1n) is 9.03. The van der Waals surface area contributed by atoms with Crippen LogP contribution < -0.4 is 10.6 Å². The van der Waals surface area contributed by atoms with Crippen molar-refractivity contribution in [1.29, 1.82) is 0 Å². The summed E-state index contributed by atoms with van der Waals surface area (Å²) in [5.41, 5.74) is 0.549. The summed E-state index contributed by atoms with van der Waals surface area (Å²) < 4.78 is 32.6. The Kier molecular flexibility index (Phi) is 5.27. The van der Waals surface area contributed by atoms with Crippen molar-refractivity contribution < 1.29 is 13.5 Å². The van der Waals surface area contributed by atoms with Crippen molar-refractivity contribution in [3.05, 3.63) is 35.4 Å². The van der Waals surface area contributed by atoms with Crippen molar-refractivity contribution in [2.75, 3.05) is 13.2 Å². The van der Waals surface area contributed by atoms with Gasteiger partial charge in [0.05, 0.1) is 12.6 Å². The molecule has 1 aromatic carbocycles. The molecule has 4 nitrogen and oxygen atoms in total. The van der Waals surface area contributed by atoms with Crippen LogP contribution >= 0.6 is 0 Å². The Morgan fingerprint density at radius 1 is 1.28 bits per heavy atom. The molecule has 0 aromatic heterocycles. The molecule has 3 unspecified atom stereocenters. The zero-order valence-electron chi connectivity index (χ0n) is 15.1. The topological polar surface area (TPSA) is 45.7 Å². The summed E-state index contributed by atoms with van der Waals surface area (Å²) in [6.07, 6.45) is 2.53. The molecule has 0 radical (unpaired) electrons. The quantitative estimate of drug-likeness (QED) is 0.647. The second-order valence-corrected chi connectivity index (χ2v) is 7.51. The third kappa shape index (κ3) is 3.78. The first kappa shape index (κ1) is 18.1. The fourth-order valence-corrected chi connectivity index (χ4v) is 4.16. The number of nitrogens with one attached hydrogen (secondary N) is 2. The van der Waals surface area contributed by atoms with Crippen molar-refractivity contribution in [3.8, 4) is 0 Å². The Bertz CT molecular complexity index is 627. The molecule has 0 spiro atoms. The number of hydrogen-bond acceptors (Lipinski definition) is 2. The van der Waals surface area contributed by atoms with Gasteiger partial charge in [-0.05, 0) is 37.5 Å². The third-order valence-corrected chi connectivity index (χ3v) is 5.31. The molecule has 0 amide bonds. The second-order valence-electron chi connectivity index (χ2n) is 7.51. The van der Waals surface area contributed by atoms with Gasteiger partial charge in [-0.3, -0.25) is 0 Å². The Morgan fingerprint density at radius 2 is 2.00 bits per heavy atom. The summed E-state index contributed by atoms with van der Waals surface area (Å²) in [6.45, 7) is 8.21. The van der Waals surface area contributed by atoms with Crippen LogP contribution in [0.15, 0.2) is 23.2 Å². The van der Waals surface area contributed by atoms with Crippen LogP contribution in [0.5, 0.6) is 0 Å². The van der Waals surface area contributed by atoms with Crippen LogP contribution in [0.1, 0.15) is 39.2 Å². The van der Waals surface area contributed by atoms with Gasteiger partial charge in [-0.2, -0.15) is 0 Å². The van der Waals surface area contributed by atoms with Gasteiger partial charge in [0, 0.05) is 36.6 Å². The molecule has 1 aliphatic carbocycles. The van der Waals surface area contributed by atoms with Crippen LogP contribution in [-0.2, 0) is 11.3 Å². The lowest BCUT2D eigenvalue weighted by Crippen LogP contribution is -2.71. The van der Waals surface area contributed by atoms with Crippen molar-refractivity contribution in [1.82, 2.24) is 10.6 Å². The van der Waals surface area contributed by atoms with Crippen LogP contribution in [0.2, 0.25) is 0 Å². The minimum Gasteiger partial charge on any atom is -0.377 e. The number of ether oxygens (including phenoxy) is 1. The van der Waals surface area contributed by atoms with Gasteiger partial charge in [-0.1, -0.05) is 13.8 Å². The normalized spacial score (nSPS) is 28.0. The van der Waals surface area contributed by atoms with E-state index in [9.17, 15) is 8.78 Å². The van der Waals surface area contributed by atoms with Gasteiger partial charge in [0.25, 0.3) is 0 Å². The van der Waals surface area contributed by atoms with Gasteiger partial charge >= 0.3 is 0 Å². The van der Waals surface area contributed by atoms with E-state index in [4.69, 9.17) is 4.74 Å². The molecule has 1 saturated carbocycles. The van der Waals surface area contributed by atoms with E-state index < -0.39 is 11.6 Å². The highest BCUT2D eigenvalue weighted by molar-refractivity contribution is 5.80. The van der Waals surface area contributed by atoms with Gasteiger partial charge in [0.2, 0.25) is 0 Å². The zero-order chi connectivity index (χ0) is 18.0. The molecule has 1 heterocycles. The van der Waals surface area contributed by atoms with E-state index in [1.165, 1.54) is 12.1 Å². The Morgan fingerprint density at radius 3 is 2.68 bits per heavy atom. The first-order chi connectivity index (χ1) is 11.9. The molecule has 138 valence electrons. The number of nitrogens with zero attached hydrogens (tertiary/aromatic N) is 1. The summed E-state index contributed by atoms with van der Waals surface area (Å²) in [4.78, 5) is 4.51. The molecule has 6 heteroatoms. The molecule has 25 heavy (non-hydrogen) atoms. The smallest absolute Gasteiger partial charge is 0.191 e. The van der Waals surface area contributed by atoms with Crippen molar-refractivity contribution in [3.63, 3.8) is 0 Å². The number of benzene rings is 1. The van der Waals surface area contributed by atoms with E-state index in [0.717, 1.165) is 32.1 Å². The molecule has 3 rings (SSSR count). The van der Waals surface area contributed by atoms with Crippen LogP contribution in [0, 0.1) is 23.0 Å². The van der Waals surface area contributed by atoms with Gasteiger partial charge in [-0.15, -0.1) is 0 Å². The van der Waals surface area contributed by atoms with Crippen LogP contribution in [0.25, 0.3) is 0 Å². The lowest BCUT2D eigenvalue weighted by atomic mass is 9.55. The summed E-state index contributed by atoms with van der Waals surface area (Å²) in [5, 5.41) is 6.74. The average Bonchev–Trinajstić information content (AvgIpc) is 2.56. The lowest BCUT2D eigenvalue weighted by Gasteiger charge is -2.60. The summed E-state index contributed by atoms with van der Waals surface area (Å²) in [6, 6.07) is 3.78. The van der Waals surface area contributed by atoms with E-state index in [1.807, 2.05) is 6.92 Å². The molecule has 3 atom stereocenters. The van der Waals surface area contributed by atoms with Crippen molar-refractivity contribution in [2.24, 2.45) is 16.3 Å². The van der Waals surface area contributed by atoms with Crippen molar-refractivity contribution in [2.45, 2.75) is 52.3 Å². The highest BCUT2D eigenvalue weighted by atomic mass is 19.1. The number of hydrogen-bond donors (Lipinski definition) is 2. The maximum absolute atomic E-state index is 13.3. The number of halogens is 2. The van der Waals surface area contributed by atoms with E-state index >= 15 is 0 Å². The Balaban J connectivity index is 1.70. The highest BCUT2D eigenvalue weighted by Crippen LogP contribution is 2.51. The van der Waals surface area contributed by atoms with E-state index in [0.29, 0.717) is 23.5 Å². The highest BCUT2D eigenvalue weighted by Gasteiger charge is 2.58. The van der Waals surface area contributed by atoms with Gasteiger partial charge in [0.1, 0.15) is 11.6 Å². The fourth-order valence-electron chi connectivity index (χ4n) is 4.16. The number of aliphatic imine (C=N–C) groups is 1. The number of guanidine groups is 1. The molecular weight excluding hydrogens is 324 g/mol. The Labute approximate surface area is 148 Å². The molecule has 2 fully saturated rings. The number of fused-ring (bicyclic) bond motifs is 1. The van der Waals surface area contributed by atoms with Gasteiger partial charge < -0.3 is 15.4 Å². The lowest BCUT2D eigenvalue weighted by molar-refractivity contribution is -0.188. The SMILES string of the molecule is CCNC(=NCc1cc(F)cc(F)c1)NC1C2CCCOC2C1(C)C. The summed E-state index contributed by atoms with van der Waals surface area (Å²) in [7, 11) is 0. The van der Waals surface area contributed by atoms with Crippen LogP contribution in [-0.4, -0.2) is 31.3 Å². The first-order valence-corrected chi connectivity index (χ1v) is 9.03. The predicted octanol–water partition coefficient (Wildman–Crippen LogP) is 3.22. The van der Waals surface area contributed by atoms with E-state index in [-0.39, 0.29) is 18.0 Å². The van der Waals surface area contributed by atoms with E-state index in [2.05, 4.69) is 29.5 Å². The molecule has 0 bridgehead atoms. The van der Waals surface area contributed by atoms with Crippen molar-refractivity contribution >= 4 is 5.96 Å². The number of rotatable bonds is 4. The second kappa shape index (κ2) is 7.28. The molecular formula is C19H27F2N3O. The molecule has 2 aliphatic rings. The van der Waals surface area contributed by atoms with Gasteiger partial charge in [0.15, 0.2) is 5.96 Å². The van der Waals surface area contributed by atoms with Gasteiger partial charge in [-0.25, -0.2) is 13.8 Å². The summed E-state index contributed by atoms with van der Waals surface area (Å²) >= 11 is 0. The molecule has 1 saturated heterocycles. The summed E-state index contributed by atoms with van der Waals surface area (Å²) in [5.74, 6) is 0.00412. The predicted molar refractivity (Wildman–Crippen MR) is 94.3 cm³/mol. The largest absolute Gasteiger partial charge is 0.377 e. The fraction of sp³-hybridized carbons (Fsp3) is 0.632. The third-order valence-electron chi connectivity index (χ3n) is 5.31. The standard InChI is InChI=1S/C19H27F2N3O/c1-4-22-18(23-11-12-8-13(20)10-14(21)9-12)24-16-15-6-5-7-25-17(15)19(16,2)3/h8-10,15-17H,4-7,11H2,1-3H3,(H2,22,23,24). The van der Waals surface area contributed by atoms with E-state index in [1.54, 1.807) is 0 Å². The minimum atomic E-state index is -0.578. The average molecular weight is 351 g/mol. The molecule has 1 aromatic rings.